The minimum Gasteiger partial charge on any atom is -0.324 e. The second-order valence-corrected chi connectivity index (χ2v) is 5.80. The minimum absolute atomic E-state index is 0.289. The van der Waals surface area contributed by atoms with Gasteiger partial charge in [-0.15, -0.1) is 0 Å². The molecule has 0 aliphatic heterocycles. The second kappa shape index (κ2) is 5.92. The van der Waals surface area contributed by atoms with E-state index in [4.69, 9.17) is 5.73 Å². The standard InChI is InChI=1S/C17H14BrFN2/c18-14-6-3-5-13(17(14)19)15(20)10-11-8-9-21-16-7-2-1-4-12(11)16/h1-9,15H,10,20H2. The van der Waals surface area contributed by atoms with E-state index in [-0.39, 0.29) is 5.82 Å². The quantitative estimate of drug-likeness (QED) is 0.765. The number of halogens is 2. The third kappa shape index (κ3) is 2.82. The number of hydrogen-bond donors (Lipinski definition) is 1. The highest BCUT2D eigenvalue weighted by Gasteiger charge is 2.15. The number of nitrogens with zero attached hydrogens (tertiary/aromatic N) is 1. The number of nitrogens with two attached hydrogens (primary N) is 1. The predicted octanol–water partition coefficient (Wildman–Crippen LogP) is 4.38. The monoisotopic (exact) mass is 344 g/mol. The summed E-state index contributed by atoms with van der Waals surface area (Å²) in [4.78, 5) is 4.33. The van der Waals surface area contributed by atoms with E-state index in [0.29, 0.717) is 16.5 Å². The summed E-state index contributed by atoms with van der Waals surface area (Å²) in [6.45, 7) is 0. The van der Waals surface area contributed by atoms with Crippen molar-refractivity contribution in [3.05, 3.63) is 76.1 Å². The molecule has 106 valence electrons. The Balaban J connectivity index is 1.97. The van der Waals surface area contributed by atoms with Gasteiger partial charge in [-0.1, -0.05) is 30.3 Å². The molecule has 0 saturated carbocycles. The van der Waals surface area contributed by atoms with Crippen molar-refractivity contribution < 1.29 is 4.39 Å². The molecule has 0 aliphatic carbocycles. The molecule has 21 heavy (non-hydrogen) atoms. The summed E-state index contributed by atoms with van der Waals surface area (Å²) in [6.07, 6.45) is 2.33. The molecule has 0 saturated heterocycles. The van der Waals surface area contributed by atoms with Crippen LogP contribution in [-0.2, 0) is 6.42 Å². The second-order valence-electron chi connectivity index (χ2n) is 4.94. The van der Waals surface area contributed by atoms with Crippen LogP contribution < -0.4 is 5.73 Å². The first-order chi connectivity index (χ1) is 10.2. The first-order valence-electron chi connectivity index (χ1n) is 6.69. The van der Waals surface area contributed by atoms with Crippen LogP contribution in [-0.4, -0.2) is 4.98 Å². The van der Waals surface area contributed by atoms with Crippen molar-refractivity contribution in [3.8, 4) is 0 Å². The van der Waals surface area contributed by atoms with Gasteiger partial charge in [-0.25, -0.2) is 4.39 Å². The van der Waals surface area contributed by atoms with Gasteiger partial charge in [0.25, 0.3) is 0 Å². The predicted molar refractivity (Wildman–Crippen MR) is 86.5 cm³/mol. The average molecular weight is 345 g/mol. The zero-order chi connectivity index (χ0) is 14.8. The van der Waals surface area contributed by atoms with Crippen LogP contribution >= 0.6 is 15.9 Å². The van der Waals surface area contributed by atoms with E-state index in [9.17, 15) is 4.39 Å². The molecule has 0 aliphatic rings. The summed E-state index contributed by atoms with van der Waals surface area (Å²) >= 11 is 3.20. The molecule has 0 fully saturated rings. The van der Waals surface area contributed by atoms with Crippen molar-refractivity contribution in [2.75, 3.05) is 0 Å². The highest BCUT2D eigenvalue weighted by molar-refractivity contribution is 9.10. The van der Waals surface area contributed by atoms with Crippen LogP contribution in [0.5, 0.6) is 0 Å². The maximum atomic E-state index is 14.1. The molecule has 0 bridgehead atoms. The summed E-state index contributed by atoms with van der Waals surface area (Å²) in [6, 6.07) is 14.7. The molecule has 1 heterocycles. The molecule has 0 spiro atoms. The molecule has 4 heteroatoms. The Morgan fingerprint density at radius 3 is 2.76 bits per heavy atom. The molecule has 1 aromatic heterocycles. The fourth-order valence-electron chi connectivity index (χ4n) is 2.49. The zero-order valence-corrected chi connectivity index (χ0v) is 12.8. The molecule has 2 aromatic carbocycles. The van der Waals surface area contributed by atoms with Gasteiger partial charge in [0, 0.05) is 23.2 Å². The van der Waals surface area contributed by atoms with Gasteiger partial charge in [0.2, 0.25) is 0 Å². The van der Waals surface area contributed by atoms with Gasteiger partial charge in [0.15, 0.2) is 0 Å². The van der Waals surface area contributed by atoms with Gasteiger partial charge in [-0.05, 0) is 46.1 Å². The van der Waals surface area contributed by atoms with E-state index in [1.165, 1.54) is 0 Å². The van der Waals surface area contributed by atoms with Crippen molar-refractivity contribution in [2.45, 2.75) is 12.5 Å². The largest absolute Gasteiger partial charge is 0.324 e. The molecular formula is C17H14BrFN2. The van der Waals surface area contributed by atoms with E-state index in [0.717, 1.165) is 16.5 Å². The van der Waals surface area contributed by atoms with Crippen LogP contribution in [0.1, 0.15) is 17.2 Å². The number of fused-ring (bicyclic) bond motifs is 1. The number of hydrogen-bond acceptors (Lipinski definition) is 2. The molecule has 3 aromatic rings. The maximum absolute atomic E-state index is 14.1. The van der Waals surface area contributed by atoms with E-state index in [1.54, 1.807) is 24.4 Å². The van der Waals surface area contributed by atoms with Crippen LogP contribution in [0.15, 0.2) is 59.2 Å². The fourth-order valence-corrected chi connectivity index (χ4v) is 2.87. The van der Waals surface area contributed by atoms with E-state index < -0.39 is 6.04 Å². The van der Waals surface area contributed by atoms with Gasteiger partial charge in [-0.2, -0.15) is 0 Å². The Labute approximate surface area is 130 Å². The number of benzene rings is 2. The van der Waals surface area contributed by atoms with E-state index in [2.05, 4.69) is 20.9 Å². The number of para-hydroxylation sites is 1. The van der Waals surface area contributed by atoms with Gasteiger partial charge < -0.3 is 5.73 Å². The van der Waals surface area contributed by atoms with Crippen molar-refractivity contribution in [2.24, 2.45) is 5.73 Å². The van der Waals surface area contributed by atoms with Gasteiger partial charge in [0.1, 0.15) is 5.82 Å². The summed E-state index contributed by atoms with van der Waals surface area (Å²) in [5.41, 5.74) is 8.73. The molecule has 3 rings (SSSR count). The SMILES string of the molecule is NC(Cc1ccnc2ccccc12)c1cccc(Br)c1F. The number of rotatable bonds is 3. The van der Waals surface area contributed by atoms with Crippen LogP contribution in [0.2, 0.25) is 0 Å². The Hall–Kier alpha value is -1.78. The lowest BCUT2D eigenvalue weighted by molar-refractivity contribution is 0.575. The third-order valence-electron chi connectivity index (χ3n) is 3.56. The number of aromatic nitrogens is 1. The van der Waals surface area contributed by atoms with Gasteiger partial charge in [-0.3, -0.25) is 4.98 Å². The van der Waals surface area contributed by atoms with E-state index >= 15 is 0 Å². The molecule has 2 N–H and O–H groups in total. The smallest absolute Gasteiger partial charge is 0.142 e. The first kappa shape index (κ1) is 14.2. The van der Waals surface area contributed by atoms with Crippen LogP contribution in [0.3, 0.4) is 0 Å². The lowest BCUT2D eigenvalue weighted by atomic mass is 9.97. The summed E-state index contributed by atoms with van der Waals surface area (Å²) < 4.78 is 14.6. The highest BCUT2D eigenvalue weighted by Crippen LogP contribution is 2.26. The molecule has 1 atom stereocenters. The Bertz CT molecular complexity index is 783. The zero-order valence-electron chi connectivity index (χ0n) is 11.3. The van der Waals surface area contributed by atoms with Gasteiger partial charge in [0.05, 0.1) is 9.99 Å². The third-order valence-corrected chi connectivity index (χ3v) is 4.17. The number of pyridine rings is 1. The molecule has 0 amide bonds. The first-order valence-corrected chi connectivity index (χ1v) is 7.48. The Kier molecular flexibility index (Phi) is 3.99. The van der Waals surface area contributed by atoms with Crippen LogP contribution in [0.25, 0.3) is 10.9 Å². The summed E-state index contributed by atoms with van der Waals surface area (Å²) in [7, 11) is 0. The molecule has 0 radical (unpaired) electrons. The summed E-state index contributed by atoms with van der Waals surface area (Å²) in [5.74, 6) is -0.289. The normalized spacial score (nSPS) is 12.5. The minimum atomic E-state index is -0.395. The van der Waals surface area contributed by atoms with Gasteiger partial charge >= 0.3 is 0 Å². The molecule has 2 nitrogen and oxygen atoms in total. The average Bonchev–Trinajstić information content (AvgIpc) is 2.50. The fraction of sp³-hybridized carbons (Fsp3) is 0.118. The lowest BCUT2D eigenvalue weighted by Gasteiger charge is -2.15. The lowest BCUT2D eigenvalue weighted by Crippen LogP contribution is -2.15. The topological polar surface area (TPSA) is 38.9 Å². The van der Waals surface area contributed by atoms with Crippen molar-refractivity contribution in [3.63, 3.8) is 0 Å². The van der Waals surface area contributed by atoms with Crippen molar-refractivity contribution in [1.29, 1.82) is 0 Å². The van der Waals surface area contributed by atoms with E-state index in [1.807, 2.05) is 30.3 Å². The van der Waals surface area contributed by atoms with Crippen LogP contribution in [0.4, 0.5) is 4.39 Å². The highest BCUT2D eigenvalue weighted by atomic mass is 79.9. The maximum Gasteiger partial charge on any atom is 0.142 e. The van der Waals surface area contributed by atoms with Crippen LogP contribution in [0, 0.1) is 5.82 Å². The van der Waals surface area contributed by atoms with Crippen molar-refractivity contribution >= 4 is 26.8 Å². The Morgan fingerprint density at radius 1 is 1.10 bits per heavy atom. The molecule has 1 unspecified atom stereocenters. The summed E-state index contributed by atoms with van der Waals surface area (Å²) in [5, 5.41) is 1.06. The Morgan fingerprint density at radius 2 is 1.90 bits per heavy atom. The van der Waals surface area contributed by atoms with Crippen molar-refractivity contribution in [1.82, 2.24) is 4.98 Å². The molecular weight excluding hydrogens is 331 g/mol.